The molecular weight excluding hydrogens is 202 g/mol. The van der Waals surface area contributed by atoms with Crippen LogP contribution in [-0.4, -0.2) is 41.8 Å². The van der Waals surface area contributed by atoms with Crippen molar-refractivity contribution in [3.8, 4) is 0 Å². The monoisotopic (exact) mass is 217 g/mol. The van der Waals surface area contributed by atoms with E-state index in [-0.39, 0.29) is 17.0 Å². The lowest BCUT2D eigenvalue weighted by molar-refractivity contribution is -0.128. The second-order valence-corrected chi connectivity index (χ2v) is 3.81. The van der Waals surface area contributed by atoms with Crippen LogP contribution in [0, 0.1) is 5.41 Å². The third kappa shape index (κ3) is 6.30. The summed E-state index contributed by atoms with van der Waals surface area (Å²) >= 11 is 1.14. The van der Waals surface area contributed by atoms with Crippen molar-refractivity contribution >= 4 is 28.8 Å². The van der Waals surface area contributed by atoms with Gasteiger partial charge in [0, 0.05) is 26.3 Å². The molecule has 0 aliphatic heterocycles. The van der Waals surface area contributed by atoms with Crippen LogP contribution in [0.2, 0.25) is 0 Å². The highest BCUT2D eigenvalue weighted by atomic mass is 32.2. The molecule has 80 valence electrons. The Morgan fingerprint density at radius 1 is 1.50 bits per heavy atom. The number of aliphatic imine (C=N–C) groups is 1. The van der Waals surface area contributed by atoms with E-state index in [2.05, 4.69) is 4.99 Å². The van der Waals surface area contributed by atoms with Crippen molar-refractivity contribution in [3.05, 3.63) is 0 Å². The summed E-state index contributed by atoms with van der Waals surface area (Å²) in [5, 5.41) is 7.29. The van der Waals surface area contributed by atoms with E-state index in [9.17, 15) is 4.79 Å². The quantitative estimate of drug-likeness (QED) is 0.433. The predicted molar refractivity (Wildman–Crippen MR) is 59.3 cm³/mol. The molecule has 14 heavy (non-hydrogen) atoms. The molecule has 0 aliphatic carbocycles. The number of thioether (sulfide) groups is 1. The molecule has 0 fully saturated rings. The first-order valence-electron chi connectivity index (χ1n) is 3.94. The summed E-state index contributed by atoms with van der Waals surface area (Å²) in [5.41, 5.74) is 10.1. The van der Waals surface area contributed by atoms with Crippen LogP contribution < -0.4 is 11.5 Å². The molecular formula is C7H15N5OS. The Morgan fingerprint density at radius 2 is 2.07 bits per heavy atom. The minimum Gasteiger partial charge on any atom is -0.370 e. The SMILES string of the molecule is CN(C)C(=O)CCSC(=N)N=C(N)N. The fraction of sp³-hybridized carbons (Fsp3) is 0.571. The van der Waals surface area contributed by atoms with E-state index in [1.165, 1.54) is 4.90 Å². The van der Waals surface area contributed by atoms with Gasteiger partial charge in [-0.15, -0.1) is 0 Å². The summed E-state index contributed by atoms with van der Waals surface area (Å²) in [6.07, 6.45) is 0.375. The Hall–Kier alpha value is -1.24. The molecule has 0 aliphatic rings. The first kappa shape index (κ1) is 12.8. The van der Waals surface area contributed by atoms with E-state index in [0.29, 0.717) is 12.2 Å². The number of guanidine groups is 1. The molecule has 0 unspecified atom stereocenters. The number of amides is 1. The third-order valence-electron chi connectivity index (χ3n) is 1.28. The van der Waals surface area contributed by atoms with Crippen molar-refractivity contribution in [2.24, 2.45) is 16.5 Å². The minimum atomic E-state index is -0.138. The number of carbonyl (C=O) groups excluding carboxylic acids is 1. The largest absolute Gasteiger partial charge is 0.370 e. The van der Waals surface area contributed by atoms with Crippen molar-refractivity contribution < 1.29 is 4.79 Å². The van der Waals surface area contributed by atoms with Gasteiger partial charge in [-0.1, -0.05) is 11.8 Å². The molecule has 0 aromatic heterocycles. The van der Waals surface area contributed by atoms with Gasteiger partial charge in [-0.05, 0) is 0 Å². The van der Waals surface area contributed by atoms with Gasteiger partial charge < -0.3 is 16.4 Å². The number of carbonyl (C=O) groups is 1. The molecule has 0 aromatic carbocycles. The van der Waals surface area contributed by atoms with E-state index in [0.717, 1.165) is 11.8 Å². The van der Waals surface area contributed by atoms with Crippen molar-refractivity contribution in [2.45, 2.75) is 6.42 Å². The van der Waals surface area contributed by atoms with Crippen LogP contribution in [0.15, 0.2) is 4.99 Å². The Balaban J connectivity index is 3.70. The van der Waals surface area contributed by atoms with Crippen LogP contribution >= 0.6 is 11.8 Å². The van der Waals surface area contributed by atoms with E-state index in [4.69, 9.17) is 16.9 Å². The number of amidine groups is 1. The average Bonchev–Trinajstić information content (AvgIpc) is 2.02. The third-order valence-corrected chi connectivity index (χ3v) is 2.06. The molecule has 7 heteroatoms. The molecule has 1 amide bonds. The maximum absolute atomic E-state index is 11.1. The Kier molecular flexibility index (Phi) is 5.70. The second kappa shape index (κ2) is 6.25. The normalized spacial score (nSPS) is 9.29. The summed E-state index contributed by atoms with van der Waals surface area (Å²) in [5.74, 6) is 0.392. The number of nitrogens with zero attached hydrogens (tertiary/aromatic N) is 2. The topological polar surface area (TPSA) is 109 Å². The number of nitrogens with one attached hydrogen (secondary N) is 1. The van der Waals surface area contributed by atoms with Gasteiger partial charge in [0.05, 0.1) is 0 Å². The number of hydrogen-bond donors (Lipinski definition) is 3. The van der Waals surface area contributed by atoms with Gasteiger partial charge in [-0.2, -0.15) is 4.99 Å². The molecule has 0 radical (unpaired) electrons. The fourth-order valence-electron chi connectivity index (χ4n) is 0.608. The van der Waals surface area contributed by atoms with E-state index in [1.54, 1.807) is 14.1 Å². The molecule has 0 saturated heterocycles. The molecule has 0 spiro atoms. The standard InChI is InChI=1S/C7H15N5OS/c1-12(2)5(13)3-4-14-7(10)11-6(8)9/h3-4H2,1-2H3,(H5,8,9,10,11). The van der Waals surface area contributed by atoms with Gasteiger partial charge in [0.15, 0.2) is 11.1 Å². The summed E-state index contributed by atoms with van der Waals surface area (Å²) in [6.45, 7) is 0. The van der Waals surface area contributed by atoms with Gasteiger partial charge in [-0.25, -0.2) is 0 Å². The van der Waals surface area contributed by atoms with Gasteiger partial charge in [0.1, 0.15) is 0 Å². The minimum absolute atomic E-state index is 0.0231. The van der Waals surface area contributed by atoms with Crippen molar-refractivity contribution in [3.63, 3.8) is 0 Å². The van der Waals surface area contributed by atoms with Crippen LogP contribution in [0.1, 0.15) is 6.42 Å². The lowest BCUT2D eigenvalue weighted by Gasteiger charge is -2.08. The first-order valence-corrected chi connectivity index (χ1v) is 4.93. The highest BCUT2D eigenvalue weighted by Gasteiger charge is 2.04. The summed E-state index contributed by atoms with van der Waals surface area (Å²) < 4.78 is 0. The van der Waals surface area contributed by atoms with Crippen molar-refractivity contribution in [1.29, 1.82) is 5.41 Å². The molecule has 6 nitrogen and oxygen atoms in total. The van der Waals surface area contributed by atoms with Crippen LogP contribution in [0.4, 0.5) is 0 Å². The Bertz CT molecular complexity index is 246. The zero-order valence-corrected chi connectivity index (χ0v) is 9.10. The fourth-order valence-corrected chi connectivity index (χ4v) is 1.25. The van der Waals surface area contributed by atoms with Crippen LogP contribution in [0.25, 0.3) is 0 Å². The van der Waals surface area contributed by atoms with E-state index in [1.807, 2.05) is 0 Å². The van der Waals surface area contributed by atoms with E-state index >= 15 is 0 Å². The van der Waals surface area contributed by atoms with Crippen molar-refractivity contribution in [2.75, 3.05) is 19.8 Å². The summed E-state index contributed by atoms with van der Waals surface area (Å²) in [4.78, 5) is 16.1. The maximum atomic E-state index is 11.1. The van der Waals surface area contributed by atoms with Gasteiger partial charge >= 0.3 is 0 Å². The zero-order chi connectivity index (χ0) is 11.1. The molecule has 0 bridgehead atoms. The lowest BCUT2D eigenvalue weighted by Crippen LogP contribution is -2.24. The van der Waals surface area contributed by atoms with Gasteiger partial charge in [-0.3, -0.25) is 10.2 Å². The predicted octanol–water partition coefficient (Wildman–Crippen LogP) is -0.594. The first-order chi connectivity index (χ1) is 6.43. The Morgan fingerprint density at radius 3 is 2.50 bits per heavy atom. The second-order valence-electron chi connectivity index (χ2n) is 2.73. The van der Waals surface area contributed by atoms with Gasteiger partial charge in [0.2, 0.25) is 5.91 Å². The maximum Gasteiger partial charge on any atom is 0.222 e. The number of hydrogen-bond acceptors (Lipinski definition) is 3. The lowest BCUT2D eigenvalue weighted by atomic mass is 10.4. The smallest absolute Gasteiger partial charge is 0.222 e. The molecule has 0 rings (SSSR count). The Labute approximate surface area is 87.2 Å². The summed E-state index contributed by atoms with van der Waals surface area (Å²) in [6, 6.07) is 0. The van der Waals surface area contributed by atoms with Crippen LogP contribution in [0.5, 0.6) is 0 Å². The number of rotatable bonds is 3. The molecule has 5 N–H and O–H groups in total. The highest BCUT2D eigenvalue weighted by Crippen LogP contribution is 2.05. The van der Waals surface area contributed by atoms with Crippen LogP contribution in [-0.2, 0) is 4.79 Å². The number of nitrogens with two attached hydrogens (primary N) is 2. The average molecular weight is 217 g/mol. The van der Waals surface area contributed by atoms with Gasteiger partial charge in [0.25, 0.3) is 0 Å². The molecule has 0 atom stereocenters. The van der Waals surface area contributed by atoms with E-state index < -0.39 is 0 Å². The molecule has 0 saturated carbocycles. The summed E-state index contributed by atoms with van der Waals surface area (Å²) in [7, 11) is 3.38. The van der Waals surface area contributed by atoms with Crippen molar-refractivity contribution in [1.82, 2.24) is 4.90 Å². The zero-order valence-electron chi connectivity index (χ0n) is 8.28. The molecule has 0 aromatic rings. The highest BCUT2D eigenvalue weighted by molar-refractivity contribution is 8.13. The molecule has 0 heterocycles. The van der Waals surface area contributed by atoms with Crippen LogP contribution in [0.3, 0.4) is 0 Å².